The van der Waals surface area contributed by atoms with E-state index in [0.29, 0.717) is 0 Å². The van der Waals surface area contributed by atoms with Crippen LogP contribution in [0.2, 0.25) is 0 Å². The summed E-state index contributed by atoms with van der Waals surface area (Å²) in [5.41, 5.74) is -0.541. The number of hydrogen-bond donors (Lipinski definition) is 1. The number of ether oxygens (including phenoxy) is 1. The van der Waals surface area contributed by atoms with Crippen molar-refractivity contribution in [2.45, 2.75) is 6.54 Å². The Morgan fingerprint density at radius 2 is 2.25 bits per heavy atom. The number of methoxy groups -OCH3 is 1. The first-order valence-corrected chi connectivity index (χ1v) is 5.80. The van der Waals surface area contributed by atoms with E-state index in [1.807, 2.05) is 0 Å². The predicted octanol–water partition coefficient (Wildman–Crippen LogP) is 1.27. The highest BCUT2D eigenvalue weighted by molar-refractivity contribution is 5.69. The van der Waals surface area contributed by atoms with Crippen molar-refractivity contribution in [3.8, 4) is 0 Å². The number of carboxylic acid groups (broad SMARTS) is 1. The lowest BCUT2D eigenvalue weighted by Gasteiger charge is -2.20. The van der Waals surface area contributed by atoms with Crippen LogP contribution in [0.15, 0.2) is 18.2 Å². The van der Waals surface area contributed by atoms with Crippen molar-refractivity contribution in [3.05, 3.63) is 39.7 Å². The van der Waals surface area contributed by atoms with Gasteiger partial charge in [0.25, 0.3) is 0 Å². The number of carboxylic acids is 1. The molecule has 110 valence electrons. The van der Waals surface area contributed by atoms with Gasteiger partial charge in [0.1, 0.15) is 0 Å². The summed E-state index contributed by atoms with van der Waals surface area (Å²) in [5.74, 6) is -2.00. The number of nitro benzene ring substituents is 1. The molecular weight excluding hydrogens is 271 g/mol. The van der Waals surface area contributed by atoms with E-state index in [1.54, 1.807) is 0 Å². The molecule has 0 aliphatic carbocycles. The molecule has 1 N–H and O–H groups in total. The lowest BCUT2D eigenvalue weighted by molar-refractivity contribution is -0.387. The minimum absolute atomic E-state index is 0.0385. The molecule has 0 spiro atoms. The third kappa shape index (κ3) is 4.56. The Balaban J connectivity index is 2.89. The van der Waals surface area contributed by atoms with Gasteiger partial charge < -0.3 is 9.84 Å². The Hall–Kier alpha value is -2.06. The van der Waals surface area contributed by atoms with Gasteiger partial charge in [-0.15, -0.1) is 0 Å². The second kappa shape index (κ2) is 7.51. The van der Waals surface area contributed by atoms with Gasteiger partial charge in [0, 0.05) is 31.8 Å². The fourth-order valence-electron chi connectivity index (χ4n) is 1.70. The Kier molecular flexibility index (Phi) is 6.01. The molecular formula is C12H15FN2O5. The molecule has 0 aliphatic heterocycles. The maximum Gasteiger partial charge on any atom is 0.317 e. The number of benzene rings is 1. The zero-order valence-corrected chi connectivity index (χ0v) is 10.9. The number of carbonyl (C=O) groups is 1. The maximum absolute atomic E-state index is 13.9. The Morgan fingerprint density at radius 3 is 2.80 bits per heavy atom. The van der Waals surface area contributed by atoms with Gasteiger partial charge in [0.05, 0.1) is 18.1 Å². The second-order valence-corrected chi connectivity index (χ2v) is 4.10. The van der Waals surface area contributed by atoms with Crippen molar-refractivity contribution in [2.75, 3.05) is 26.8 Å². The van der Waals surface area contributed by atoms with Crippen LogP contribution in [0.1, 0.15) is 5.56 Å². The molecule has 0 heterocycles. The summed E-state index contributed by atoms with van der Waals surface area (Å²) in [6.45, 7) is 0.226. The lowest BCUT2D eigenvalue weighted by Crippen LogP contribution is -2.32. The summed E-state index contributed by atoms with van der Waals surface area (Å²) in [6, 6.07) is 3.82. The van der Waals surface area contributed by atoms with Crippen molar-refractivity contribution in [3.63, 3.8) is 0 Å². The molecule has 20 heavy (non-hydrogen) atoms. The average Bonchev–Trinajstić information content (AvgIpc) is 2.37. The molecule has 0 radical (unpaired) electrons. The molecule has 7 nitrogen and oxygen atoms in total. The predicted molar refractivity (Wildman–Crippen MR) is 67.8 cm³/mol. The molecule has 0 aliphatic rings. The second-order valence-electron chi connectivity index (χ2n) is 4.10. The van der Waals surface area contributed by atoms with Crippen molar-refractivity contribution in [1.82, 2.24) is 4.90 Å². The average molecular weight is 286 g/mol. The quantitative estimate of drug-likeness (QED) is 0.571. The summed E-state index contributed by atoms with van der Waals surface area (Å²) in [5, 5.41) is 19.4. The van der Waals surface area contributed by atoms with Gasteiger partial charge in [-0.05, 0) is 0 Å². The van der Waals surface area contributed by atoms with Crippen LogP contribution in [-0.4, -0.2) is 47.7 Å². The van der Waals surface area contributed by atoms with Gasteiger partial charge in [-0.25, -0.2) is 0 Å². The molecule has 0 atom stereocenters. The minimum atomic E-state index is -1.06. The summed E-state index contributed by atoms with van der Waals surface area (Å²) in [4.78, 5) is 22.0. The Labute approximate surface area is 114 Å². The minimum Gasteiger partial charge on any atom is -0.480 e. The molecule has 1 rings (SSSR count). The molecule has 8 heteroatoms. The zero-order valence-electron chi connectivity index (χ0n) is 10.9. The first-order chi connectivity index (χ1) is 9.45. The van der Waals surface area contributed by atoms with Crippen LogP contribution in [-0.2, 0) is 16.1 Å². The number of hydrogen-bond acceptors (Lipinski definition) is 5. The largest absolute Gasteiger partial charge is 0.480 e. The number of rotatable bonds is 8. The first kappa shape index (κ1) is 16.0. The van der Waals surface area contributed by atoms with Crippen LogP contribution in [0.25, 0.3) is 0 Å². The Bertz CT molecular complexity index is 495. The third-order valence-corrected chi connectivity index (χ3v) is 2.62. The fourth-order valence-corrected chi connectivity index (χ4v) is 1.70. The first-order valence-electron chi connectivity index (χ1n) is 5.80. The lowest BCUT2D eigenvalue weighted by atomic mass is 10.1. The zero-order chi connectivity index (χ0) is 15.1. The van der Waals surface area contributed by atoms with E-state index in [4.69, 9.17) is 9.84 Å². The van der Waals surface area contributed by atoms with Crippen molar-refractivity contribution >= 4 is 11.7 Å². The monoisotopic (exact) mass is 286 g/mol. The molecule has 0 unspecified atom stereocenters. The van der Waals surface area contributed by atoms with Gasteiger partial charge >= 0.3 is 11.7 Å². The van der Waals surface area contributed by atoms with Crippen LogP contribution in [0.4, 0.5) is 10.1 Å². The number of aliphatic carboxylic acids is 1. The van der Waals surface area contributed by atoms with Gasteiger partial charge in [-0.2, -0.15) is 4.39 Å². The van der Waals surface area contributed by atoms with E-state index in [-0.39, 0.29) is 31.8 Å². The van der Waals surface area contributed by atoms with Gasteiger partial charge in [0.15, 0.2) is 0 Å². The summed E-state index contributed by atoms with van der Waals surface area (Å²) in [6.07, 6.45) is 0. The molecule has 0 saturated heterocycles. The van der Waals surface area contributed by atoms with E-state index in [9.17, 15) is 19.3 Å². The highest BCUT2D eigenvalue weighted by atomic mass is 19.1. The maximum atomic E-state index is 13.9. The van der Waals surface area contributed by atoms with Crippen LogP contribution in [0, 0.1) is 15.9 Å². The van der Waals surface area contributed by atoms with E-state index < -0.39 is 22.4 Å². The van der Waals surface area contributed by atoms with Crippen molar-refractivity contribution in [2.24, 2.45) is 0 Å². The molecule has 0 aromatic heterocycles. The van der Waals surface area contributed by atoms with Gasteiger partial charge in [0.2, 0.25) is 5.82 Å². The molecule has 1 aromatic rings. The highest BCUT2D eigenvalue weighted by Crippen LogP contribution is 2.21. The molecule has 0 amide bonds. The van der Waals surface area contributed by atoms with Gasteiger partial charge in [-0.3, -0.25) is 19.8 Å². The summed E-state index contributed by atoms with van der Waals surface area (Å²) in [7, 11) is 1.47. The van der Waals surface area contributed by atoms with Crippen molar-refractivity contribution in [1.29, 1.82) is 0 Å². The topological polar surface area (TPSA) is 92.9 Å². The normalized spacial score (nSPS) is 10.8. The fraction of sp³-hybridized carbons (Fsp3) is 0.417. The van der Waals surface area contributed by atoms with Crippen LogP contribution >= 0.6 is 0 Å². The number of halogens is 1. The summed E-state index contributed by atoms with van der Waals surface area (Å²) < 4.78 is 18.7. The van der Waals surface area contributed by atoms with Crippen LogP contribution in [0.3, 0.4) is 0 Å². The number of nitro groups is 1. The van der Waals surface area contributed by atoms with Crippen LogP contribution in [0.5, 0.6) is 0 Å². The molecule has 0 fully saturated rings. The van der Waals surface area contributed by atoms with E-state index in [2.05, 4.69) is 0 Å². The third-order valence-electron chi connectivity index (χ3n) is 2.62. The van der Waals surface area contributed by atoms with Crippen molar-refractivity contribution < 1.29 is 24.0 Å². The van der Waals surface area contributed by atoms with E-state index in [0.717, 1.165) is 6.07 Å². The SMILES string of the molecule is COCCN(CC(=O)O)Cc1cccc([N+](=O)[O-])c1F. The smallest absolute Gasteiger partial charge is 0.317 e. The van der Waals surface area contributed by atoms with Gasteiger partial charge in [-0.1, -0.05) is 12.1 Å². The van der Waals surface area contributed by atoms with E-state index in [1.165, 1.54) is 24.1 Å². The standard InChI is InChI=1S/C12H15FN2O5/c1-20-6-5-14(8-11(16)17)7-9-3-2-4-10(12(9)13)15(18)19/h2-4H,5-8H2,1H3,(H,16,17). The molecule has 1 aromatic carbocycles. The highest BCUT2D eigenvalue weighted by Gasteiger charge is 2.19. The molecule has 0 bridgehead atoms. The number of nitrogens with zero attached hydrogens (tertiary/aromatic N) is 2. The van der Waals surface area contributed by atoms with E-state index >= 15 is 0 Å². The van der Waals surface area contributed by atoms with Crippen LogP contribution < -0.4 is 0 Å². The summed E-state index contributed by atoms with van der Waals surface area (Å²) >= 11 is 0. The molecule has 0 saturated carbocycles. The Morgan fingerprint density at radius 1 is 1.55 bits per heavy atom.